The molecule has 1 saturated heterocycles. The van der Waals surface area contributed by atoms with Crippen LogP contribution in [0, 0.1) is 0 Å². The van der Waals surface area contributed by atoms with E-state index in [4.69, 9.17) is 0 Å². The van der Waals surface area contributed by atoms with E-state index < -0.39 is 33.8 Å². The average molecular weight is 354 g/mol. The van der Waals surface area contributed by atoms with Crippen molar-refractivity contribution in [2.45, 2.75) is 30.2 Å². The molecule has 0 aliphatic carbocycles. The van der Waals surface area contributed by atoms with Crippen molar-refractivity contribution in [3.8, 4) is 0 Å². The number of hydrogen-bond acceptors (Lipinski definition) is 6. The fraction of sp³-hybridized carbons (Fsp3) is 0.400. The molecule has 0 bridgehead atoms. The number of imide groups is 1. The highest BCUT2D eigenvalue weighted by molar-refractivity contribution is 7.89. The smallest absolute Gasteiger partial charge is 0.337 e. The van der Waals surface area contributed by atoms with E-state index in [2.05, 4.69) is 10.1 Å². The van der Waals surface area contributed by atoms with E-state index in [-0.39, 0.29) is 23.3 Å². The zero-order valence-corrected chi connectivity index (χ0v) is 14.1. The van der Waals surface area contributed by atoms with Crippen LogP contribution < -0.4 is 5.32 Å². The molecule has 1 aliphatic rings. The Kier molecular flexibility index (Phi) is 5.35. The molecule has 1 aliphatic heterocycles. The number of amides is 2. The molecule has 1 unspecified atom stereocenters. The molecule has 1 aromatic rings. The van der Waals surface area contributed by atoms with Crippen molar-refractivity contribution in [2.24, 2.45) is 0 Å². The van der Waals surface area contributed by atoms with Crippen molar-refractivity contribution in [3.05, 3.63) is 29.8 Å². The third kappa shape index (κ3) is 3.62. The number of nitrogens with zero attached hydrogens (tertiary/aromatic N) is 1. The van der Waals surface area contributed by atoms with Crippen LogP contribution in [-0.2, 0) is 24.3 Å². The molecule has 0 saturated carbocycles. The van der Waals surface area contributed by atoms with Gasteiger partial charge in [-0.3, -0.25) is 14.9 Å². The zero-order valence-electron chi connectivity index (χ0n) is 13.3. The number of esters is 1. The summed E-state index contributed by atoms with van der Waals surface area (Å²) in [7, 11) is -1.54. The Hall–Kier alpha value is -2.26. The fourth-order valence-electron chi connectivity index (χ4n) is 2.45. The number of likely N-dealkylation sites (N-methyl/N-ethyl adjacent to an activating group) is 1. The second-order valence-corrected chi connectivity index (χ2v) is 7.36. The molecule has 0 aromatic heterocycles. The SMILES string of the molecule is COC(=O)c1cccc(S(=O)(=O)N(C)C2CCCC(=O)NC2=O)c1. The van der Waals surface area contributed by atoms with Crippen molar-refractivity contribution < 1.29 is 27.5 Å². The highest BCUT2D eigenvalue weighted by atomic mass is 32.2. The molecule has 24 heavy (non-hydrogen) atoms. The Morgan fingerprint density at radius 2 is 2.04 bits per heavy atom. The molecule has 1 heterocycles. The average Bonchev–Trinajstić information content (AvgIpc) is 2.73. The summed E-state index contributed by atoms with van der Waals surface area (Å²) in [6.07, 6.45) is 0.822. The lowest BCUT2D eigenvalue weighted by Crippen LogP contribution is -2.47. The van der Waals surface area contributed by atoms with Crippen LogP contribution in [0.4, 0.5) is 0 Å². The van der Waals surface area contributed by atoms with Crippen molar-refractivity contribution in [1.29, 1.82) is 0 Å². The van der Waals surface area contributed by atoms with E-state index in [1.165, 1.54) is 38.4 Å². The van der Waals surface area contributed by atoms with Gasteiger partial charge in [0, 0.05) is 13.5 Å². The van der Waals surface area contributed by atoms with Gasteiger partial charge in [0.05, 0.1) is 17.6 Å². The van der Waals surface area contributed by atoms with Gasteiger partial charge < -0.3 is 4.74 Å². The van der Waals surface area contributed by atoms with Crippen LogP contribution in [0.2, 0.25) is 0 Å². The van der Waals surface area contributed by atoms with E-state index >= 15 is 0 Å². The zero-order chi connectivity index (χ0) is 17.9. The maximum Gasteiger partial charge on any atom is 0.337 e. The lowest BCUT2D eigenvalue weighted by Gasteiger charge is -2.25. The Balaban J connectivity index is 2.34. The summed E-state index contributed by atoms with van der Waals surface area (Å²) in [5, 5.41) is 2.18. The minimum Gasteiger partial charge on any atom is -0.465 e. The predicted octanol–water partition coefficient (Wildman–Crippen LogP) is 0.289. The van der Waals surface area contributed by atoms with Gasteiger partial charge in [-0.15, -0.1) is 0 Å². The van der Waals surface area contributed by atoms with Gasteiger partial charge in [0.15, 0.2) is 0 Å². The Morgan fingerprint density at radius 1 is 1.33 bits per heavy atom. The number of benzene rings is 1. The number of rotatable bonds is 4. The third-order valence-corrected chi connectivity index (χ3v) is 5.68. The van der Waals surface area contributed by atoms with Gasteiger partial charge in [-0.25, -0.2) is 13.2 Å². The van der Waals surface area contributed by atoms with Gasteiger partial charge in [0.25, 0.3) is 0 Å². The standard InChI is InChI=1S/C15H18N2O6S/c1-17(12-7-4-8-13(18)16-14(12)19)24(21,22)11-6-3-5-10(9-11)15(20)23-2/h3,5-6,9,12H,4,7-8H2,1-2H3,(H,16,18,19). The number of methoxy groups -OCH3 is 1. The summed E-state index contributed by atoms with van der Waals surface area (Å²) in [4.78, 5) is 34.9. The van der Waals surface area contributed by atoms with Gasteiger partial charge in [0.2, 0.25) is 21.8 Å². The van der Waals surface area contributed by atoms with Crippen LogP contribution >= 0.6 is 0 Å². The van der Waals surface area contributed by atoms with E-state index in [0.717, 1.165) is 4.31 Å². The minimum absolute atomic E-state index is 0.0903. The van der Waals surface area contributed by atoms with Gasteiger partial charge in [-0.05, 0) is 31.0 Å². The minimum atomic E-state index is -4.02. The summed E-state index contributed by atoms with van der Waals surface area (Å²) in [6, 6.07) is 4.39. The van der Waals surface area contributed by atoms with Gasteiger partial charge in [0.1, 0.15) is 6.04 Å². The van der Waals surface area contributed by atoms with Crippen LogP contribution in [0.5, 0.6) is 0 Å². The van der Waals surface area contributed by atoms with Crippen LogP contribution in [0.15, 0.2) is 29.2 Å². The van der Waals surface area contributed by atoms with E-state index in [9.17, 15) is 22.8 Å². The Labute approximate surface area is 139 Å². The summed E-state index contributed by atoms with van der Waals surface area (Å²) in [5.74, 6) is -1.72. The van der Waals surface area contributed by atoms with Crippen LogP contribution in [0.25, 0.3) is 0 Å². The van der Waals surface area contributed by atoms with Crippen LogP contribution in [0.3, 0.4) is 0 Å². The first-order valence-corrected chi connectivity index (χ1v) is 8.71. The monoisotopic (exact) mass is 354 g/mol. The van der Waals surface area contributed by atoms with E-state index in [1.807, 2.05) is 0 Å². The topological polar surface area (TPSA) is 110 Å². The number of sulfonamides is 1. The van der Waals surface area contributed by atoms with Crippen molar-refractivity contribution in [3.63, 3.8) is 0 Å². The summed E-state index contributed by atoms with van der Waals surface area (Å²) in [6.45, 7) is 0. The molecule has 2 rings (SSSR count). The van der Waals surface area contributed by atoms with Crippen molar-refractivity contribution in [2.75, 3.05) is 14.2 Å². The molecule has 8 nitrogen and oxygen atoms in total. The Morgan fingerprint density at radius 3 is 2.71 bits per heavy atom. The Bertz CT molecular complexity index is 774. The summed E-state index contributed by atoms with van der Waals surface area (Å²) < 4.78 is 31.0. The molecule has 0 spiro atoms. The summed E-state index contributed by atoms with van der Waals surface area (Å²) >= 11 is 0. The van der Waals surface area contributed by atoms with Crippen molar-refractivity contribution >= 4 is 27.8 Å². The summed E-state index contributed by atoms with van der Waals surface area (Å²) in [5.41, 5.74) is 0.0903. The molecule has 1 fully saturated rings. The normalized spacial score (nSPS) is 18.9. The molecular formula is C15H18N2O6S. The molecule has 1 aromatic carbocycles. The molecular weight excluding hydrogens is 336 g/mol. The number of nitrogens with one attached hydrogen (secondary N) is 1. The molecule has 9 heteroatoms. The lowest BCUT2D eigenvalue weighted by molar-refractivity contribution is -0.131. The molecule has 2 amide bonds. The maximum atomic E-state index is 12.7. The molecule has 0 radical (unpaired) electrons. The van der Waals surface area contributed by atoms with Crippen LogP contribution in [0.1, 0.15) is 29.6 Å². The lowest BCUT2D eigenvalue weighted by atomic mass is 10.1. The highest BCUT2D eigenvalue weighted by Gasteiger charge is 2.35. The molecule has 1 atom stereocenters. The predicted molar refractivity (Wildman–Crippen MR) is 83.5 cm³/mol. The van der Waals surface area contributed by atoms with Gasteiger partial charge >= 0.3 is 5.97 Å². The largest absolute Gasteiger partial charge is 0.465 e. The van der Waals surface area contributed by atoms with Gasteiger partial charge in [-0.2, -0.15) is 4.31 Å². The highest BCUT2D eigenvalue weighted by Crippen LogP contribution is 2.22. The first-order valence-electron chi connectivity index (χ1n) is 7.27. The maximum absolute atomic E-state index is 12.7. The number of carbonyl (C=O) groups excluding carboxylic acids is 3. The first-order chi connectivity index (χ1) is 11.3. The second-order valence-electron chi connectivity index (χ2n) is 5.36. The fourth-order valence-corrected chi connectivity index (χ4v) is 3.85. The second kappa shape index (κ2) is 7.10. The van der Waals surface area contributed by atoms with E-state index in [1.54, 1.807) is 0 Å². The molecule has 1 N–H and O–H groups in total. The van der Waals surface area contributed by atoms with Crippen molar-refractivity contribution in [1.82, 2.24) is 9.62 Å². The first kappa shape index (κ1) is 18.1. The number of ether oxygens (including phenoxy) is 1. The molecule has 130 valence electrons. The number of hydrogen-bond donors (Lipinski definition) is 1. The number of carbonyl (C=O) groups is 3. The third-order valence-electron chi connectivity index (χ3n) is 3.82. The quantitative estimate of drug-likeness (QED) is 0.615. The van der Waals surface area contributed by atoms with Gasteiger partial charge in [-0.1, -0.05) is 6.07 Å². The van der Waals surface area contributed by atoms with E-state index in [0.29, 0.717) is 6.42 Å². The van der Waals surface area contributed by atoms with Crippen LogP contribution in [-0.4, -0.2) is 50.7 Å².